The van der Waals surface area contributed by atoms with Crippen molar-refractivity contribution in [2.24, 2.45) is 5.73 Å². The number of aryl methyl sites for hydroxylation is 1. The summed E-state index contributed by atoms with van der Waals surface area (Å²) < 4.78 is 0. The van der Waals surface area contributed by atoms with Crippen molar-refractivity contribution < 1.29 is 9.59 Å². The number of hydrogen-bond donors (Lipinski definition) is 2. The third-order valence-corrected chi connectivity index (χ3v) is 2.94. The largest absolute Gasteiger partial charge is 0.352 e. The summed E-state index contributed by atoms with van der Waals surface area (Å²) in [6.07, 6.45) is 0.282. The SMILES string of the molecule is Cc1ccc(C#CCN)cc1C(=O)NCCC(=O)N(C)C. The maximum Gasteiger partial charge on any atom is 0.251 e. The molecule has 5 nitrogen and oxygen atoms in total. The van der Waals surface area contributed by atoms with Gasteiger partial charge in [-0.25, -0.2) is 0 Å². The molecule has 0 bridgehead atoms. The molecule has 5 heteroatoms. The normalized spacial score (nSPS) is 9.52. The lowest BCUT2D eigenvalue weighted by Gasteiger charge is -2.11. The molecule has 21 heavy (non-hydrogen) atoms. The monoisotopic (exact) mass is 287 g/mol. The van der Waals surface area contributed by atoms with E-state index in [2.05, 4.69) is 17.2 Å². The van der Waals surface area contributed by atoms with Gasteiger partial charge in [-0.2, -0.15) is 0 Å². The summed E-state index contributed by atoms with van der Waals surface area (Å²) in [5.41, 5.74) is 7.52. The Morgan fingerprint density at radius 2 is 2.05 bits per heavy atom. The number of benzene rings is 1. The van der Waals surface area contributed by atoms with Crippen molar-refractivity contribution in [3.63, 3.8) is 0 Å². The van der Waals surface area contributed by atoms with E-state index in [1.165, 1.54) is 4.90 Å². The van der Waals surface area contributed by atoms with Crippen LogP contribution in [-0.4, -0.2) is 43.9 Å². The first-order valence-corrected chi connectivity index (χ1v) is 6.73. The second kappa shape index (κ2) is 8.08. The van der Waals surface area contributed by atoms with Gasteiger partial charge in [0.25, 0.3) is 5.91 Å². The summed E-state index contributed by atoms with van der Waals surface area (Å²) in [4.78, 5) is 25.1. The van der Waals surface area contributed by atoms with Gasteiger partial charge in [0.05, 0.1) is 6.54 Å². The van der Waals surface area contributed by atoms with E-state index < -0.39 is 0 Å². The third kappa shape index (κ3) is 5.28. The minimum absolute atomic E-state index is 0.0189. The van der Waals surface area contributed by atoms with Crippen molar-refractivity contribution in [2.45, 2.75) is 13.3 Å². The Morgan fingerprint density at radius 1 is 1.33 bits per heavy atom. The van der Waals surface area contributed by atoms with Crippen LogP contribution in [0.2, 0.25) is 0 Å². The number of nitrogens with zero attached hydrogens (tertiary/aromatic N) is 1. The zero-order valence-corrected chi connectivity index (χ0v) is 12.7. The van der Waals surface area contributed by atoms with Crippen molar-refractivity contribution in [3.8, 4) is 11.8 Å². The fourth-order valence-corrected chi connectivity index (χ4v) is 1.70. The van der Waals surface area contributed by atoms with Crippen LogP contribution in [0.15, 0.2) is 18.2 Å². The van der Waals surface area contributed by atoms with Crippen LogP contribution in [0.1, 0.15) is 27.9 Å². The second-order valence-electron chi connectivity index (χ2n) is 4.83. The topological polar surface area (TPSA) is 75.4 Å². The average molecular weight is 287 g/mol. The Kier molecular flexibility index (Phi) is 6.44. The smallest absolute Gasteiger partial charge is 0.251 e. The van der Waals surface area contributed by atoms with E-state index in [1.807, 2.05) is 19.1 Å². The summed E-state index contributed by atoms with van der Waals surface area (Å²) in [7, 11) is 3.38. The predicted octanol–water partition coefficient (Wildman–Crippen LogP) is 0.513. The summed E-state index contributed by atoms with van der Waals surface area (Å²) in [6, 6.07) is 5.44. The van der Waals surface area contributed by atoms with Crippen LogP contribution >= 0.6 is 0 Å². The van der Waals surface area contributed by atoms with Gasteiger partial charge in [0.2, 0.25) is 5.91 Å². The average Bonchev–Trinajstić information content (AvgIpc) is 2.45. The minimum atomic E-state index is -0.199. The van der Waals surface area contributed by atoms with E-state index >= 15 is 0 Å². The molecule has 1 aromatic carbocycles. The quantitative estimate of drug-likeness (QED) is 0.792. The molecular weight excluding hydrogens is 266 g/mol. The van der Waals surface area contributed by atoms with Gasteiger partial charge in [-0.15, -0.1) is 0 Å². The summed E-state index contributed by atoms with van der Waals surface area (Å²) in [6.45, 7) is 2.45. The predicted molar refractivity (Wildman–Crippen MR) is 82.8 cm³/mol. The molecule has 112 valence electrons. The molecule has 0 atom stereocenters. The number of amides is 2. The number of hydrogen-bond acceptors (Lipinski definition) is 3. The van der Waals surface area contributed by atoms with Crippen LogP contribution in [0.4, 0.5) is 0 Å². The van der Waals surface area contributed by atoms with Gasteiger partial charge in [-0.05, 0) is 24.6 Å². The van der Waals surface area contributed by atoms with E-state index in [1.54, 1.807) is 20.2 Å². The first-order chi connectivity index (χ1) is 9.95. The molecule has 0 heterocycles. The lowest BCUT2D eigenvalue weighted by atomic mass is 10.0. The molecule has 0 radical (unpaired) electrons. The highest BCUT2D eigenvalue weighted by Gasteiger charge is 2.10. The van der Waals surface area contributed by atoms with E-state index in [0.29, 0.717) is 12.1 Å². The fourth-order valence-electron chi connectivity index (χ4n) is 1.70. The van der Waals surface area contributed by atoms with Crippen molar-refractivity contribution in [1.29, 1.82) is 0 Å². The highest BCUT2D eigenvalue weighted by atomic mass is 16.2. The van der Waals surface area contributed by atoms with Crippen LogP contribution < -0.4 is 11.1 Å². The standard InChI is InChI=1S/C16H21N3O2/c1-12-6-7-13(5-4-9-17)11-14(12)16(21)18-10-8-15(20)19(2)3/h6-7,11H,8-10,17H2,1-3H3,(H,18,21). The fraction of sp³-hybridized carbons (Fsp3) is 0.375. The van der Waals surface area contributed by atoms with Crippen LogP contribution in [0, 0.1) is 18.8 Å². The van der Waals surface area contributed by atoms with Crippen LogP contribution in [0.25, 0.3) is 0 Å². The van der Waals surface area contributed by atoms with Crippen LogP contribution in [0.3, 0.4) is 0 Å². The molecule has 0 unspecified atom stereocenters. The van der Waals surface area contributed by atoms with Gasteiger partial charge >= 0.3 is 0 Å². The number of nitrogens with one attached hydrogen (secondary N) is 1. The zero-order valence-electron chi connectivity index (χ0n) is 12.7. The van der Waals surface area contributed by atoms with Gasteiger partial charge in [-0.3, -0.25) is 9.59 Å². The van der Waals surface area contributed by atoms with Crippen molar-refractivity contribution in [2.75, 3.05) is 27.2 Å². The highest BCUT2D eigenvalue weighted by Crippen LogP contribution is 2.10. The first kappa shape index (κ1) is 16.7. The maximum atomic E-state index is 12.1. The molecule has 0 spiro atoms. The van der Waals surface area contributed by atoms with E-state index in [0.717, 1.165) is 11.1 Å². The number of carbonyl (C=O) groups is 2. The Hall–Kier alpha value is -2.32. The molecule has 0 aliphatic rings. The third-order valence-electron chi connectivity index (χ3n) is 2.94. The van der Waals surface area contributed by atoms with Crippen molar-refractivity contribution in [3.05, 3.63) is 34.9 Å². The molecule has 1 rings (SSSR count). The van der Waals surface area contributed by atoms with E-state index in [9.17, 15) is 9.59 Å². The number of rotatable bonds is 4. The number of carbonyl (C=O) groups excluding carboxylic acids is 2. The van der Waals surface area contributed by atoms with Gasteiger partial charge < -0.3 is 16.0 Å². The Labute approximate surface area is 125 Å². The van der Waals surface area contributed by atoms with Crippen LogP contribution in [0.5, 0.6) is 0 Å². The first-order valence-electron chi connectivity index (χ1n) is 6.73. The van der Waals surface area contributed by atoms with Gasteiger partial charge in [0, 0.05) is 38.2 Å². The Balaban J connectivity index is 2.71. The molecular formula is C16H21N3O2. The molecule has 0 aliphatic carbocycles. The summed E-state index contributed by atoms with van der Waals surface area (Å²) in [5, 5.41) is 2.75. The van der Waals surface area contributed by atoms with Crippen LogP contribution in [-0.2, 0) is 4.79 Å². The summed E-state index contributed by atoms with van der Waals surface area (Å²) in [5.74, 6) is 5.44. The lowest BCUT2D eigenvalue weighted by Crippen LogP contribution is -2.30. The van der Waals surface area contributed by atoms with Gasteiger partial charge in [0.1, 0.15) is 0 Å². The van der Waals surface area contributed by atoms with E-state index in [-0.39, 0.29) is 24.8 Å². The van der Waals surface area contributed by atoms with Gasteiger partial charge in [0.15, 0.2) is 0 Å². The molecule has 3 N–H and O–H groups in total. The Bertz CT molecular complexity index is 583. The van der Waals surface area contributed by atoms with Crippen molar-refractivity contribution >= 4 is 11.8 Å². The Morgan fingerprint density at radius 3 is 2.67 bits per heavy atom. The highest BCUT2D eigenvalue weighted by molar-refractivity contribution is 5.96. The second-order valence-corrected chi connectivity index (χ2v) is 4.83. The minimum Gasteiger partial charge on any atom is -0.352 e. The lowest BCUT2D eigenvalue weighted by molar-refractivity contribution is -0.128. The summed E-state index contributed by atoms with van der Waals surface area (Å²) >= 11 is 0. The maximum absolute atomic E-state index is 12.1. The molecule has 0 saturated heterocycles. The molecule has 0 saturated carbocycles. The molecule has 2 amide bonds. The van der Waals surface area contributed by atoms with Crippen molar-refractivity contribution in [1.82, 2.24) is 10.2 Å². The van der Waals surface area contributed by atoms with Gasteiger partial charge in [-0.1, -0.05) is 17.9 Å². The molecule has 1 aromatic rings. The molecule has 0 fully saturated rings. The van der Waals surface area contributed by atoms with E-state index in [4.69, 9.17) is 5.73 Å². The molecule has 0 aliphatic heterocycles. The zero-order chi connectivity index (χ0) is 15.8. The molecule has 0 aromatic heterocycles. The number of nitrogens with two attached hydrogens (primary N) is 1.